The molecule has 5 heteroatoms. The summed E-state index contributed by atoms with van der Waals surface area (Å²) >= 11 is 0. The van der Waals surface area contributed by atoms with Crippen molar-refractivity contribution in [2.75, 3.05) is 44.0 Å². The van der Waals surface area contributed by atoms with E-state index in [1.807, 2.05) is 13.1 Å². The molecular weight excluding hydrogens is 206 g/mol. The number of hydrogen-bond donors (Lipinski definition) is 2. The molecule has 0 spiro atoms. The number of rotatable bonds is 4. The molecule has 1 aliphatic rings. The van der Waals surface area contributed by atoms with Crippen LogP contribution >= 0.6 is 0 Å². The Morgan fingerprint density at radius 1 is 1.38 bits per heavy atom. The molecular formula is C11H17N3O2. The van der Waals surface area contributed by atoms with Crippen LogP contribution in [0.4, 0.5) is 11.4 Å². The van der Waals surface area contributed by atoms with Crippen molar-refractivity contribution in [2.24, 2.45) is 0 Å². The van der Waals surface area contributed by atoms with Crippen LogP contribution in [0.25, 0.3) is 0 Å². The van der Waals surface area contributed by atoms with Gasteiger partial charge < -0.3 is 20.1 Å². The first-order valence-corrected chi connectivity index (χ1v) is 5.44. The number of anilines is 2. The predicted octanol–water partition coefficient (Wildman–Crippen LogP) is 0.951. The molecule has 0 amide bonds. The summed E-state index contributed by atoms with van der Waals surface area (Å²) in [7, 11) is 1.87. The molecule has 1 aromatic heterocycles. The van der Waals surface area contributed by atoms with E-state index in [1.54, 1.807) is 12.4 Å². The zero-order valence-electron chi connectivity index (χ0n) is 9.40. The van der Waals surface area contributed by atoms with Crippen molar-refractivity contribution in [3.63, 3.8) is 0 Å². The number of ether oxygens (including phenoxy) is 2. The lowest BCUT2D eigenvalue weighted by molar-refractivity contribution is -0.0818. The van der Waals surface area contributed by atoms with Crippen molar-refractivity contribution in [1.29, 1.82) is 0 Å². The van der Waals surface area contributed by atoms with Crippen molar-refractivity contribution in [2.45, 2.75) is 6.10 Å². The van der Waals surface area contributed by atoms with E-state index in [9.17, 15) is 0 Å². The second kappa shape index (κ2) is 5.67. The topological polar surface area (TPSA) is 55.4 Å². The summed E-state index contributed by atoms with van der Waals surface area (Å²) in [5, 5.41) is 6.33. The normalized spacial score (nSPS) is 20.4. The van der Waals surface area contributed by atoms with Crippen LogP contribution in [0, 0.1) is 0 Å². The zero-order valence-corrected chi connectivity index (χ0v) is 9.40. The van der Waals surface area contributed by atoms with Gasteiger partial charge in [0.15, 0.2) is 0 Å². The predicted molar refractivity (Wildman–Crippen MR) is 62.8 cm³/mol. The Labute approximate surface area is 95.2 Å². The molecule has 0 aliphatic carbocycles. The minimum absolute atomic E-state index is 0.131. The van der Waals surface area contributed by atoms with E-state index >= 15 is 0 Å². The molecule has 0 radical (unpaired) electrons. The van der Waals surface area contributed by atoms with Crippen LogP contribution in [0.3, 0.4) is 0 Å². The second-order valence-corrected chi connectivity index (χ2v) is 3.66. The van der Waals surface area contributed by atoms with Crippen LogP contribution in [0.5, 0.6) is 0 Å². The van der Waals surface area contributed by atoms with Gasteiger partial charge in [0.05, 0.1) is 49.7 Å². The van der Waals surface area contributed by atoms with E-state index < -0.39 is 0 Å². The van der Waals surface area contributed by atoms with Gasteiger partial charge in [-0.2, -0.15) is 0 Å². The molecule has 0 aromatic carbocycles. The third-order valence-electron chi connectivity index (χ3n) is 2.45. The molecule has 0 bridgehead atoms. The molecule has 0 saturated carbocycles. The number of aromatic nitrogens is 1. The van der Waals surface area contributed by atoms with Crippen LogP contribution in [0.1, 0.15) is 0 Å². The van der Waals surface area contributed by atoms with Gasteiger partial charge in [-0.3, -0.25) is 4.98 Å². The summed E-state index contributed by atoms with van der Waals surface area (Å²) in [6.45, 7) is 2.79. The van der Waals surface area contributed by atoms with E-state index in [0.717, 1.165) is 17.9 Å². The molecule has 1 fully saturated rings. The average molecular weight is 223 g/mol. The Bertz CT molecular complexity index is 327. The molecule has 2 heterocycles. The highest BCUT2D eigenvalue weighted by Gasteiger charge is 2.13. The Hall–Kier alpha value is -1.33. The number of hydrogen-bond acceptors (Lipinski definition) is 5. The van der Waals surface area contributed by atoms with E-state index in [4.69, 9.17) is 9.47 Å². The number of nitrogens with zero attached hydrogens (tertiary/aromatic N) is 1. The Morgan fingerprint density at radius 2 is 2.25 bits per heavy atom. The highest BCUT2D eigenvalue weighted by Crippen LogP contribution is 2.12. The maximum Gasteiger partial charge on any atom is 0.0981 e. The summed E-state index contributed by atoms with van der Waals surface area (Å²) in [5.74, 6) is 0. The Kier molecular flexibility index (Phi) is 3.96. The van der Waals surface area contributed by atoms with Crippen molar-refractivity contribution in [1.82, 2.24) is 4.98 Å². The van der Waals surface area contributed by atoms with Gasteiger partial charge >= 0.3 is 0 Å². The van der Waals surface area contributed by atoms with Gasteiger partial charge in [0.1, 0.15) is 0 Å². The van der Waals surface area contributed by atoms with Crippen LogP contribution in [0.15, 0.2) is 18.5 Å². The van der Waals surface area contributed by atoms with E-state index in [-0.39, 0.29) is 6.10 Å². The molecule has 16 heavy (non-hydrogen) atoms. The third-order valence-corrected chi connectivity index (χ3v) is 2.45. The fourth-order valence-electron chi connectivity index (χ4n) is 1.56. The van der Waals surface area contributed by atoms with E-state index in [2.05, 4.69) is 15.6 Å². The van der Waals surface area contributed by atoms with Gasteiger partial charge in [-0.25, -0.2) is 0 Å². The van der Waals surface area contributed by atoms with E-state index in [0.29, 0.717) is 19.8 Å². The number of pyridine rings is 1. The van der Waals surface area contributed by atoms with Crippen molar-refractivity contribution >= 4 is 11.4 Å². The SMILES string of the molecule is CNc1cncc(NCC2COCCO2)c1. The van der Waals surface area contributed by atoms with Crippen LogP contribution < -0.4 is 10.6 Å². The number of nitrogens with one attached hydrogen (secondary N) is 2. The van der Waals surface area contributed by atoms with Gasteiger partial charge in [0, 0.05) is 13.6 Å². The first-order chi connectivity index (χ1) is 7.88. The lowest BCUT2D eigenvalue weighted by atomic mass is 10.3. The van der Waals surface area contributed by atoms with Crippen molar-refractivity contribution in [3.8, 4) is 0 Å². The molecule has 88 valence electrons. The standard InChI is InChI=1S/C11H17N3O2/c1-12-9-4-10(6-13-5-9)14-7-11-8-15-2-3-16-11/h4-6,11-12,14H,2-3,7-8H2,1H3. The van der Waals surface area contributed by atoms with Crippen molar-refractivity contribution in [3.05, 3.63) is 18.5 Å². The highest BCUT2D eigenvalue weighted by molar-refractivity contribution is 5.53. The lowest BCUT2D eigenvalue weighted by Crippen LogP contribution is -2.34. The maximum absolute atomic E-state index is 5.53. The molecule has 2 N–H and O–H groups in total. The minimum Gasteiger partial charge on any atom is -0.387 e. The fourth-order valence-corrected chi connectivity index (χ4v) is 1.56. The Balaban J connectivity index is 1.83. The molecule has 1 aromatic rings. The van der Waals surface area contributed by atoms with Gasteiger partial charge in [-0.15, -0.1) is 0 Å². The smallest absolute Gasteiger partial charge is 0.0981 e. The zero-order chi connectivity index (χ0) is 11.2. The molecule has 2 rings (SSSR count). The third kappa shape index (κ3) is 3.08. The highest BCUT2D eigenvalue weighted by atomic mass is 16.6. The van der Waals surface area contributed by atoms with E-state index in [1.165, 1.54) is 0 Å². The van der Waals surface area contributed by atoms with Gasteiger partial charge in [-0.1, -0.05) is 0 Å². The van der Waals surface area contributed by atoms with Gasteiger partial charge in [0.25, 0.3) is 0 Å². The summed E-state index contributed by atoms with van der Waals surface area (Å²) in [6, 6.07) is 2.01. The molecule has 5 nitrogen and oxygen atoms in total. The summed E-state index contributed by atoms with van der Waals surface area (Å²) in [5.41, 5.74) is 1.98. The molecule has 1 aliphatic heterocycles. The lowest BCUT2D eigenvalue weighted by Gasteiger charge is -2.23. The summed E-state index contributed by atoms with van der Waals surface area (Å²) in [4.78, 5) is 4.12. The maximum atomic E-state index is 5.53. The van der Waals surface area contributed by atoms with Crippen LogP contribution in [0.2, 0.25) is 0 Å². The largest absolute Gasteiger partial charge is 0.387 e. The first kappa shape index (κ1) is 11.2. The summed E-state index contributed by atoms with van der Waals surface area (Å²) < 4.78 is 10.9. The molecule has 1 unspecified atom stereocenters. The van der Waals surface area contributed by atoms with Crippen LogP contribution in [-0.4, -0.2) is 44.5 Å². The average Bonchev–Trinajstić information content (AvgIpc) is 2.38. The molecule has 1 atom stereocenters. The van der Waals surface area contributed by atoms with Crippen LogP contribution in [-0.2, 0) is 9.47 Å². The monoisotopic (exact) mass is 223 g/mol. The quantitative estimate of drug-likeness (QED) is 0.796. The fraction of sp³-hybridized carbons (Fsp3) is 0.545. The minimum atomic E-state index is 0.131. The van der Waals surface area contributed by atoms with Crippen molar-refractivity contribution < 1.29 is 9.47 Å². The second-order valence-electron chi connectivity index (χ2n) is 3.66. The van der Waals surface area contributed by atoms with Gasteiger partial charge in [0.2, 0.25) is 0 Å². The first-order valence-electron chi connectivity index (χ1n) is 5.44. The molecule has 1 saturated heterocycles. The Morgan fingerprint density at radius 3 is 3.00 bits per heavy atom. The summed E-state index contributed by atoms with van der Waals surface area (Å²) in [6.07, 6.45) is 3.71. The van der Waals surface area contributed by atoms with Gasteiger partial charge in [-0.05, 0) is 6.07 Å².